The van der Waals surface area contributed by atoms with Crippen molar-refractivity contribution in [1.29, 1.82) is 0 Å². The molecule has 0 aliphatic heterocycles. The molecule has 0 unspecified atom stereocenters. The molecule has 108 valence electrons. The first-order chi connectivity index (χ1) is 10.3. The fraction of sp³-hybridized carbons (Fsp3) is 0.263. The van der Waals surface area contributed by atoms with Crippen LogP contribution in [0.3, 0.4) is 0 Å². The second kappa shape index (κ2) is 6.04. The van der Waals surface area contributed by atoms with Gasteiger partial charge in [-0.15, -0.1) is 0 Å². The zero-order chi connectivity index (χ0) is 14.7. The standard InChI is InChI=1S/C19H21NO/c1-3-13-21-19-10-6-9-18-17(19)11-12-20(18)14-16-8-5-4-7-15(16)2/h4-12H,3,13-14H2,1-2H3. The molecule has 2 nitrogen and oxygen atoms in total. The molecule has 3 aromatic rings. The maximum Gasteiger partial charge on any atom is 0.128 e. The molecule has 21 heavy (non-hydrogen) atoms. The molecule has 0 spiro atoms. The molecule has 0 radical (unpaired) electrons. The number of aryl methyl sites for hydroxylation is 1. The Morgan fingerprint density at radius 2 is 1.86 bits per heavy atom. The van der Waals surface area contributed by atoms with Gasteiger partial charge in [0.25, 0.3) is 0 Å². The maximum atomic E-state index is 5.84. The molecule has 0 atom stereocenters. The molecular weight excluding hydrogens is 258 g/mol. The van der Waals surface area contributed by atoms with Crippen LogP contribution in [0.15, 0.2) is 54.7 Å². The Morgan fingerprint density at radius 1 is 1.00 bits per heavy atom. The van der Waals surface area contributed by atoms with Crippen LogP contribution in [0.2, 0.25) is 0 Å². The van der Waals surface area contributed by atoms with Crippen molar-refractivity contribution in [1.82, 2.24) is 4.57 Å². The van der Waals surface area contributed by atoms with Crippen molar-refractivity contribution in [2.24, 2.45) is 0 Å². The third-order valence-electron chi connectivity index (χ3n) is 3.84. The maximum absolute atomic E-state index is 5.84. The highest BCUT2D eigenvalue weighted by Crippen LogP contribution is 2.27. The molecule has 0 saturated heterocycles. The Morgan fingerprint density at radius 3 is 2.67 bits per heavy atom. The van der Waals surface area contributed by atoms with Gasteiger partial charge in [0.15, 0.2) is 0 Å². The lowest BCUT2D eigenvalue weighted by molar-refractivity contribution is 0.321. The SMILES string of the molecule is CCCOc1cccc2c1ccn2Cc1ccccc1C. The van der Waals surface area contributed by atoms with Crippen molar-refractivity contribution in [2.75, 3.05) is 6.61 Å². The van der Waals surface area contributed by atoms with Gasteiger partial charge in [0.05, 0.1) is 12.1 Å². The summed E-state index contributed by atoms with van der Waals surface area (Å²) >= 11 is 0. The summed E-state index contributed by atoms with van der Waals surface area (Å²) in [6.07, 6.45) is 3.18. The predicted molar refractivity (Wildman–Crippen MR) is 88.0 cm³/mol. The number of benzene rings is 2. The van der Waals surface area contributed by atoms with Gasteiger partial charge in [0.1, 0.15) is 5.75 Å². The van der Waals surface area contributed by atoms with E-state index < -0.39 is 0 Å². The number of hydrogen-bond donors (Lipinski definition) is 0. The summed E-state index contributed by atoms with van der Waals surface area (Å²) < 4.78 is 8.13. The summed E-state index contributed by atoms with van der Waals surface area (Å²) in [7, 11) is 0. The lowest BCUT2D eigenvalue weighted by atomic mass is 10.1. The van der Waals surface area contributed by atoms with E-state index in [1.807, 2.05) is 0 Å². The van der Waals surface area contributed by atoms with E-state index in [0.29, 0.717) is 0 Å². The molecule has 0 amide bonds. The van der Waals surface area contributed by atoms with Gasteiger partial charge >= 0.3 is 0 Å². The largest absolute Gasteiger partial charge is 0.493 e. The topological polar surface area (TPSA) is 14.2 Å². The highest BCUT2D eigenvalue weighted by Gasteiger charge is 2.07. The van der Waals surface area contributed by atoms with E-state index in [0.717, 1.165) is 25.3 Å². The van der Waals surface area contributed by atoms with Crippen LogP contribution in [0.5, 0.6) is 5.75 Å². The molecule has 0 aliphatic rings. The van der Waals surface area contributed by atoms with Crippen LogP contribution in [-0.2, 0) is 6.54 Å². The lowest BCUT2D eigenvalue weighted by Crippen LogP contribution is -2.00. The average Bonchev–Trinajstić information content (AvgIpc) is 2.91. The summed E-state index contributed by atoms with van der Waals surface area (Å²) in [6.45, 7) is 5.95. The molecule has 0 aliphatic carbocycles. The minimum atomic E-state index is 0.766. The Bertz CT molecular complexity index is 742. The number of rotatable bonds is 5. The van der Waals surface area contributed by atoms with Gasteiger partial charge in [0.2, 0.25) is 0 Å². The molecule has 2 aromatic carbocycles. The summed E-state index contributed by atoms with van der Waals surface area (Å²) in [5, 5.41) is 1.19. The fourth-order valence-corrected chi connectivity index (χ4v) is 2.64. The van der Waals surface area contributed by atoms with Gasteiger partial charge in [-0.05, 0) is 42.7 Å². The first-order valence-electron chi connectivity index (χ1n) is 7.54. The van der Waals surface area contributed by atoms with E-state index in [4.69, 9.17) is 4.74 Å². The second-order valence-corrected chi connectivity index (χ2v) is 5.41. The van der Waals surface area contributed by atoms with Gasteiger partial charge in [-0.25, -0.2) is 0 Å². The summed E-state index contributed by atoms with van der Waals surface area (Å²) in [5.41, 5.74) is 3.92. The van der Waals surface area contributed by atoms with Crippen LogP contribution < -0.4 is 4.74 Å². The molecule has 0 saturated carbocycles. The molecule has 3 rings (SSSR count). The van der Waals surface area contributed by atoms with E-state index in [9.17, 15) is 0 Å². The van der Waals surface area contributed by atoms with Crippen molar-refractivity contribution in [3.63, 3.8) is 0 Å². The zero-order valence-electron chi connectivity index (χ0n) is 12.7. The minimum Gasteiger partial charge on any atom is -0.493 e. The quantitative estimate of drug-likeness (QED) is 0.655. The van der Waals surface area contributed by atoms with Crippen molar-refractivity contribution in [3.05, 3.63) is 65.9 Å². The summed E-state index contributed by atoms with van der Waals surface area (Å²) in [5.74, 6) is 0.984. The number of ether oxygens (including phenoxy) is 1. The summed E-state index contributed by atoms with van der Waals surface area (Å²) in [6, 6.07) is 17.0. The number of hydrogen-bond acceptors (Lipinski definition) is 1. The third-order valence-corrected chi connectivity index (χ3v) is 3.84. The highest BCUT2D eigenvalue weighted by atomic mass is 16.5. The Kier molecular flexibility index (Phi) is 3.96. The summed E-state index contributed by atoms with van der Waals surface area (Å²) in [4.78, 5) is 0. The fourth-order valence-electron chi connectivity index (χ4n) is 2.64. The molecule has 0 fully saturated rings. The smallest absolute Gasteiger partial charge is 0.128 e. The Balaban J connectivity index is 1.95. The molecule has 0 N–H and O–H groups in total. The first-order valence-corrected chi connectivity index (χ1v) is 7.54. The molecule has 2 heteroatoms. The molecular formula is C19H21NO. The number of fused-ring (bicyclic) bond motifs is 1. The minimum absolute atomic E-state index is 0.766. The van der Waals surface area contributed by atoms with Crippen LogP contribution in [0.25, 0.3) is 10.9 Å². The van der Waals surface area contributed by atoms with Crippen LogP contribution in [-0.4, -0.2) is 11.2 Å². The Labute approximate surface area is 126 Å². The van der Waals surface area contributed by atoms with Crippen LogP contribution in [0.1, 0.15) is 24.5 Å². The van der Waals surface area contributed by atoms with Gasteiger partial charge in [-0.3, -0.25) is 0 Å². The molecule has 1 aromatic heterocycles. The van der Waals surface area contributed by atoms with Crippen LogP contribution in [0.4, 0.5) is 0 Å². The van der Waals surface area contributed by atoms with E-state index in [2.05, 4.69) is 73.1 Å². The number of aromatic nitrogens is 1. The van der Waals surface area contributed by atoms with Crippen molar-refractivity contribution in [2.45, 2.75) is 26.8 Å². The van der Waals surface area contributed by atoms with Crippen molar-refractivity contribution < 1.29 is 4.74 Å². The lowest BCUT2D eigenvalue weighted by Gasteiger charge is -2.10. The second-order valence-electron chi connectivity index (χ2n) is 5.41. The van der Waals surface area contributed by atoms with Crippen LogP contribution in [0, 0.1) is 6.92 Å². The predicted octanol–water partition coefficient (Wildman–Crippen LogP) is 4.79. The zero-order valence-corrected chi connectivity index (χ0v) is 12.7. The third kappa shape index (κ3) is 2.80. The van der Waals surface area contributed by atoms with E-state index >= 15 is 0 Å². The van der Waals surface area contributed by atoms with Gasteiger partial charge in [-0.2, -0.15) is 0 Å². The van der Waals surface area contributed by atoms with E-state index in [1.54, 1.807) is 0 Å². The molecule has 0 bridgehead atoms. The van der Waals surface area contributed by atoms with E-state index in [1.165, 1.54) is 22.0 Å². The van der Waals surface area contributed by atoms with Crippen molar-refractivity contribution >= 4 is 10.9 Å². The monoisotopic (exact) mass is 279 g/mol. The highest BCUT2D eigenvalue weighted by molar-refractivity contribution is 5.86. The normalized spacial score (nSPS) is 11.0. The Hall–Kier alpha value is -2.22. The van der Waals surface area contributed by atoms with E-state index in [-0.39, 0.29) is 0 Å². The first kappa shape index (κ1) is 13.7. The van der Waals surface area contributed by atoms with Gasteiger partial charge in [-0.1, -0.05) is 37.3 Å². The van der Waals surface area contributed by atoms with Crippen LogP contribution >= 0.6 is 0 Å². The van der Waals surface area contributed by atoms with Crippen molar-refractivity contribution in [3.8, 4) is 5.75 Å². The van der Waals surface area contributed by atoms with Gasteiger partial charge in [0, 0.05) is 18.1 Å². The number of nitrogens with zero attached hydrogens (tertiary/aromatic N) is 1. The van der Waals surface area contributed by atoms with Gasteiger partial charge < -0.3 is 9.30 Å². The molecule has 1 heterocycles. The average molecular weight is 279 g/mol.